The molecule has 88 valence electrons. The molecule has 0 aliphatic carbocycles. The number of aromatic nitrogens is 1. The van der Waals surface area contributed by atoms with Crippen molar-refractivity contribution in [3.8, 4) is 0 Å². The number of hydrogen-bond donors (Lipinski definition) is 2. The number of nitrogens with two attached hydrogens (primary N) is 1. The Labute approximate surface area is 101 Å². The van der Waals surface area contributed by atoms with Crippen LogP contribution in [0.15, 0.2) is 48.8 Å². The first-order valence-electron chi connectivity index (χ1n) is 5.68. The van der Waals surface area contributed by atoms with Crippen LogP contribution in [0, 0.1) is 0 Å². The highest BCUT2D eigenvalue weighted by atomic mass is 16.3. The maximum atomic E-state index is 10.2. The van der Waals surface area contributed by atoms with Gasteiger partial charge in [0.25, 0.3) is 0 Å². The third-order valence-electron chi connectivity index (χ3n) is 2.75. The van der Waals surface area contributed by atoms with Gasteiger partial charge in [-0.2, -0.15) is 0 Å². The number of pyridine rings is 1. The smallest absolute Gasteiger partial charge is 0.104 e. The van der Waals surface area contributed by atoms with Crippen LogP contribution in [0.1, 0.15) is 22.8 Å². The van der Waals surface area contributed by atoms with Gasteiger partial charge in [-0.25, -0.2) is 0 Å². The van der Waals surface area contributed by atoms with Crippen LogP contribution in [-0.2, 0) is 6.42 Å². The monoisotopic (exact) mass is 228 g/mol. The predicted molar refractivity (Wildman–Crippen MR) is 67.5 cm³/mol. The molecule has 1 atom stereocenters. The lowest BCUT2D eigenvalue weighted by Gasteiger charge is -2.11. The first kappa shape index (κ1) is 11.8. The summed E-state index contributed by atoms with van der Waals surface area (Å²) in [5.74, 6) is 0. The standard InChI is InChI=1S/C14H16N2O/c15-8-5-11-1-3-12(4-2-11)14(17)13-6-9-16-10-7-13/h1-4,6-7,9-10,14,17H,5,8,15H2. The SMILES string of the molecule is NCCc1ccc(C(O)c2ccncc2)cc1. The van der Waals surface area contributed by atoms with Crippen molar-refractivity contribution < 1.29 is 5.11 Å². The Balaban J connectivity index is 2.17. The second-order valence-electron chi connectivity index (χ2n) is 3.96. The fourth-order valence-corrected chi connectivity index (χ4v) is 1.77. The topological polar surface area (TPSA) is 59.1 Å². The zero-order chi connectivity index (χ0) is 12.1. The van der Waals surface area contributed by atoms with Gasteiger partial charge in [-0.3, -0.25) is 4.98 Å². The van der Waals surface area contributed by atoms with E-state index in [4.69, 9.17) is 5.73 Å². The fraction of sp³-hybridized carbons (Fsp3) is 0.214. The van der Waals surface area contributed by atoms with Gasteiger partial charge in [0.1, 0.15) is 6.10 Å². The van der Waals surface area contributed by atoms with Crippen molar-refractivity contribution in [1.29, 1.82) is 0 Å². The molecule has 0 radical (unpaired) electrons. The molecule has 1 aromatic heterocycles. The van der Waals surface area contributed by atoms with E-state index < -0.39 is 6.10 Å². The number of aliphatic hydroxyl groups excluding tert-OH is 1. The summed E-state index contributed by atoms with van der Waals surface area (Å²) in [7, 11) is 0. The average molecular weight is 228 g/mol. The molecular formula is C14H16N2O. The summed E-state index contributed by atoms with van der Waals surface area (Å²) in [5, 5.41) is 10.2. The van der Waals surface area contributed by atoms with Gasteiger partial charge in [0.05, 0.1) is 0 Å². The van der Waals surface area contributed by atoms with E-state index in [2.05, 4.69) is 4.98 Å². The summed E-state index contributed by atoms with van der Waals surface area (Å²) < 4.78 is 0. The second-order valence-corrected chi connectivity index (χ2v) is 3.96. The third kappa shape index (κ3) is 2.90. The van der Waals surface area contributed by atoms with Crippen LogP contribution in [0.2, 0.25) is 0 Å². The lowest BCUT2D eigenvalue weighted by atomic mass is 10.0. The summed E-state index contributed by atoms with van der Waals surface area (Å²) in [6, 6.07) is 11.5. The van der Waals surface area contributed by atoms with E-state index in [1.165, 1.54) is 5.56 Å². The van der Waals surface area contributed by atoms with E-state index in [1.54, 1.807) is 12.4 Å². The highest BCUT2D eigenvalue weighted by Gasteiger charge is 2.09. The zero-order valence-corrected chi connectivity index (χ0v) is 9.58. The summed E-state index contributed by atoms with van der Waals surface area (Å²) in [4.78, 5) is 3.93. The lowest BCUT2D eigenvalue weighted by molar-refractivity contribution is 0.220. The van der Waals surface area contributed by atoms with Crippen LogP contribution in [0.3, 0.4) is 0 Å². The van der Waals surface area contributed by atoms with Crippen molar-refractivity contribution in [2.24, 2.45) is 5.73 Å². The molecule has 0 spiro atoms. The highest BCUT2D eigenvalue weighted by Crippen LogP contribution is 2.21. The van der Waals surface area contributed by atoms with Crippen LogP contribution >= 0.6 is 0 Å². The van der Waals surface area contributed by atoms with E-state index in [-0.39, 0.29) is 0 Å². The van der Waals surface area contributed by atoms with Crippen LogP contribution < -0.4 is 5.73 Å². The maximum absolute atomic E-state index is 10.2. The summed E-state index contributed by atoms with van der Waals surface area (Å²) >= 11 is 0. The molecule has 2 rings (SSSR count). The molecule has 0 aliphatic heterocycles. The van der Waals surface area contributed by atoms with Crippen LogP contribution in [-0.4, -0.2) is 16.6 Å². The van der Waals surface area contributed by atoms with Crippen molar-refractivity contribution in [3.63, 3.8) is 0 Å². The summed E-state index contributed by atoms with van der Waals surface area (Å²) in [6.07, 6.45) is 3.64. The number of aliphatic hydroxyl groups is 1. The van der Waals surface area contributed by atoms with E-state index in [9.17, 15) is 5.11 Å². The van der Waals surface area contributed by atoms with Gasteiger partial charge in [0, 0.05) is 12.4 Å². The molecule has 0 bridgehead atoms. The second kappa shape index (κ2) is 5.57. The minimum atomic E-state index is -0.593. The van der Waals surface area contributed by atoms with Gasteiger partial charge in [0.15, 0.2) is 0 Å². The van der Waals surface area contributed by atoms with Crippen molar-refractivity contribution in [3.05, 3.63) is 65.5 Å². The summed E-state index contributed by atoms with van der Waals surface area (Å²) in [6.45, 7) is 0.645. The van der Waals surface area contributed by atoms with E-state index in [1.807, 2.05) is 36.4 Å². The molecule has 3 heteroatoms. The molecule has 0 amide bonds. The Morgan fingerprint density at radius 2 is 1.59 bits per heavy atom. The van der Waals surface area contributed by atoms with Crippen molar-refractivity contribution in [1.82, 2.24) is 4.98 Å². The van der Waals surface area contributed by atoms with Gasteiger partial charge >= 0.3 is 0 Å². The predicted octanol–water partition coefficient (Wildman–Crippen LogP) is 1.66. The first-order valence-corrected chi connectivity index (χ1v) is 5.68. The Bertz CT molecular complexity index is 453. The lowest BCUT2D eigenvalue weighted by Crippen LogP contribution is -2.03. The molecule has 3 N–H and O–H groups in total. The molecule has 17 heavy (non-hydrogen) atoms. The molecule has 1 aromatic carbocycles. The van der Waals surface area contributed by atoms with Gasteiger partial charge in [-0.05, 0) is 41.8 Å². The minimum absolute atomic E-state index is 0.593. The molecule has 0 saturated heterocycles. The van der Waals surface area contributed by atoms with E-state index >= 15 is 0 Å². The van der Waals surface area contributed by atoms with Crippen molar-refractivity contribution in [2.45, 2.75) is 12.5 Å². The Morgan fingerprint density at radius 3 is 2.18 bits per heavy atom. The molecular weight excluding hydrogens is 212 g/mol. The van der Waals surface area contributed by atoms with Gasteiger partial charge < -0.3 is 10.8 Å². The maximum Gasteiger partial charge on any atom is 0.104 e. The number of rotatable bonds is 4. The van der Waals surface area contributed by atoms with E-state index in [0.29, 0.717) is 6.54 Å². The quantitative estimate of drug-likeness (QED) is 0.836. The fourth-order valence-electron chi connectivity index (χ4n) is 1.77. The molecule has 2 aromatic rings. The highest BCUT2D eigenvalue weighted by molar-refractivity contribution is 5.30. The van der Waals surface area contributed by atoms with E-state index in [0.717, 1.165) is 17.5 Å². The van der Waals surface area contributed by atoms with Gasteiger partial charge in [-0.1, -0.05) is 24.3 Å². The third-order valence-corrected chi connectivity index (χ3v) is 2.75. The molecule has 3 nitrogen and oxygen atoms in total. The van der Waals surface area contributed by atoms with Crippen LogP contribution in [0.4, 0.5) is 0 Å². The normalized spacial score (nSPS) is 12.4. The largest absolute Gasteiger partial charge is 0.384 e. The molecule has 0 aliphatic rings. The zero-order valence-electron chi connectivity index (χ0n) is 9.58. The van der Waals surface area contributed by atoms with Crippen molar-refractivity contribution >= 4 is 0 Å². The molecule has 0 fully saturated rings. The molecule has 0 saturated carbocycles. The van der Waals surface area contributed by atoms with Crippen molar-refractivity contribution in [2.75, 3.05) is 6.54 Å². The van der Waals surface area contributed by atoms with Crippen LogP contribution in [0.5, 0.6) is 0 Å². The molecule has 1 unspecified atom stereocenters. The van der Waals surface area contributed by atoms with Crippen LogP contribution in [0.25, 0.3) is 0 Å². The Morgan fingerprint density at radius 1 is 1.00 bits per heavy atom. The molecule has 1 heterocycles. The number of nitrogens with zero attached hydrogens (tertiary/aromatic N) is 1. The van der Waals surface area contributed by atoms with Gasteiger partial charge in [-0.15, -0.1) is 0 Å². The number of benzene rings is 1. The Kier molecular flexibility index (Phi) is 3.85. The average Bonchev–Trinajstić information content (AvgIpc) is 2.40. The first-order chi connectivity index (χ1) is 8.31. The van der Waals surface area contributed by atoms with Gasteiger partial charge in [0.2, 0.25) is 0 Å². The number of hydrogen-bond acceptors (Lipinski definition) is 3. The summed E-state index contributed by atoms with van der Waals surface area (Å²) in [5.41, 5.74) is 8.43. The Hall–Kier alpha value is -1.71. The minimum Gasteiger partial charge on any atom is -0.384 e.